The number of benzene rings is 1. The van der Waals surface area contributed by atoms with Gasteiger partial charge in [-0.15, -0.1) is 0 Å². The van der Waals surface area contributed by atoms with E-state index in [1.165, 1.54) is 11.3 Å². The topological polar surface area (TPSA) is 42.2 Å². The van der Waals surface area contributed by atoms with Gasteiger partial charge in [-0.25, -0.2) is 4.79 Å². The van der Waals surface area contributed by atoms with Crippen LogP contribution in [0.4, 0.5) is 0 Å². The first-order valence-electron chi connectivity index (χ1n) is 8.50. The molecular formula is C20H29NO2. The van der Waals surface area contributed by atoms with Crippen molar-refractivity contribution in [1.29, 1.82) is 0 Å². The van der Waals surface area contributed by atoms with E-state index in [-0.39, 0.29) is 5.41 Å². The SMILES string of the molecule is CCCn1c(C)c(C(C)C)c2cc(C(C)(C)C)cc(C(=O)O)c21. The molecule has 3 heteroatoms. The molecule has 0 saturated carbocycles. The van der Waals surface area contributed by atoms with Gasteiger partial charge in [-0.2, -0.15) is 0 Å². The van der Waals surface area contributed by atoms with Crippen LogP contribution < -0.4 is 0 Å². The van der Waals surface area contributed by atoms with Crippen molar-refractivity contribution in [3.8, 4) is 0 Å². The van der Waals surface area contributed by atoms with E-state index in [9.17, 15) is 9.90 Å². The van der Waals surface area contributed by atoms with E-state index in [1.54, 1.807) is 0 Å². The number of aromatic nitrogens is 1. The lowest BCUT2D eigenvalue weighted by molar-refractivity contribution is 0.0698. The normalized spacial score (nSPS) is 12.3. The van der Waals surface area contributed by atoms with Crippen molar-refractivity contribution in [3.63, 3.8) is 0 Å². The van der Waals surface area contributed by atoms with Gasteiger partial charge < -0.3 is 9.67 Å². The maximum atomic E-state index is 11.9. The first-order chi connectivity index (χ1) is 10.6. The molecule has 0 aliphatic rings. The number of aryl methyl sites for hydroxylation is 1. The summed E-state index contributed by atoms with van der Waals surface area (Å²) >= 11 is 0. The van der Waals surface area contributed by atoms with Crippen molar-refractivity contribution in [2.45, 2.75) is 72.8 Å². The Morgan fingerprint density at radius 3 is 2.30 bits per heavy atom. The lowest BCUT2D eigenvalue weighted by Crippen LogP contribution is -2.13. The number of carboxylic acids is 1. The van der Waals surface area contributed by atoms with E-state index in [1.807, 2.05) is 6.07 Å². The Morgan fingerprint density at radius 2 is 1.87 bits per heavy atom. The second-order valence-electron chi connectivity index (χ2n) is 7.78. The van der Waals surface area contributed by atoms with Gasteiger partial charge in [-0.1, -0.05) is 41.5 Å². The summed E-state index contributed by atoms with van der Waals surface area (Å²) in [5.41, 5.74) is 4.79. The molecule has 1 heterocycles. The van der Waals surface area contributed by atoms with Gasteiger partial charge in [0.05, 0.1) is 11.1 Å². The highest BCUT2D eigenvalue weighted by molar-refractivity contribution is 6.04. The number of aromatic carboxylic acids is 1. The number of nitrogens with zero attached hydrogens (tertiary/aromatic N) is 1. The Bertz CT molecular complexity index is 745. The fourth-order valence-corrected chi connectivity index (χ4v) is 3.47. The minimum Gasteiger partial charge on any atom is -0.478 e. The predicted octanol–water partition coefficient (Wildman–Crippen LogP) is 5.48. The number of rotatable bonds is 4. The summed E-state index contributed by atoms with van der Waals surface area (Å²) in [5, 5.41) is 10.9. The fourth-order valence-electron chi connectivity index (χ4n) is 3.47. The first kappa shape index (κ1) is 17.6. The molecule has 1 aromatic heterocycles. The van der Waals surface area contributed by atoms with E-state index in [0.29, 0.717) is 11.5 Å². The van der Waals surface area contributed by atoms with Gasteiger partial charge >= 0.3 is 5.97 Å². The van der Waals surface area contributed by atoms with Crippen LogP contribution in [-0.4, -0.2) is 15.6 Å². The standard InChI is InChI=1S/C20H29NO2/c1-8-9-21-13(4)17(12(2)3)15-10-14(20(5,6)7)11-16(18(15)21)19(22)23/h10-12H,8-9H2,1-7H3,(H,22,23). The molecule has 126 valence electrons. The van der Waals surface area contributed by atoms with Gasteiger partial charge in [-0.3, -0.25) is 0 Å². The van der Waals surface area contributed by atoms with Crippen molar-refractivity contribution in [3.05, 3.63) is 34.5 Å². The Labute approximate surface area is 139 Å². The van der Waals surface area contributed by atoms with Gasteiger partial charge in [0.2, 0.25) is 0 Å². The molecule has 1 aromatic carbocycles. The highest BCUT2D eigenvalue weighted by atomic mass is 16.4. The van der Waals surface area contributed by atoms with Crippen LogP contribution in [0.3, 0.4) is 0 Å². The van der Waals surface area contributed by atoms with Gasteiger partial charge in [0.1, 0.15) is 0 Å². The lowest BCUT2D eigenvalue weighted by atomic mass is 9.84. The maximum absolute atomic E-state index is 11.9. The summed E-state index contributed by atoms with van der Waals surface area (Å²) in [7, 11) is 0. The Morgan fingerprint density at radius 1 is 1.26 bits per heavy atom. The second kappa shape index (κ2) is 6.03. The van der Waals surface area contributed by atoms with E-state index in [0.717, 1.165) is 29.4 Å². The van der Waals surface area contributed by atoms with Crippen LogP contribution in [0.25, 0.3) is 10.9 Å². The van der Waals surface area contributed by atoms with Gasteiger partial charge in [0.25, 0.3) is 0 Å². The van der Waals surface area contributed by atoms with Crippen molar-refractivity contribution >= 4 is 16.9 Å². The van der Waals surface area contributed by atoms with E-state index in [4.69, 9.17) is 0 Å². The van der Waals surface area contributed by atoms with E-state index >= 15 is 0 Å². The summed E-state index contributed by atoms with van der Waals surface area (Å²) in [6.07, 6.45) is 0.988. The summed E-state index contributed by atoms with van der Waals surface area (Å²) in [6, 6.07) is 4.07. The van der Waals surface area contributed by atoms with Gasteiger partial charge in [-0.05, 0) is 47.9 Å². The third kappa shape index (κ3) is 3.01. The van der Waals surface area contributed by atoms with Crippen LogP contribution >= 0.6 is 0 Å². The zero-order valence-electron chi connectivity index (χ0n) is 15.4. The second-order valence-corrected chi connectivity index (χ2v) is 7.78. The molecule has 1 N–H and O–H groups in total. The van der Waals surface area contributed by atoms with Crippen LogP contribution in [0.2, 0.25) is 0 Å². The number of carboxylic acid groups (broad SMARTS) is 1. The molecule has 0 bridgehead atoms. The van der Waals surface area contributed by atoms with E-state index < -0.39 is 5.97 Å². The number of fused-ring (bicyclic) bond motifs is 1. The Balaban J connectivity index is 3.00. The van der Waals surface area contributed by atoms with Crippen molar-refractivity contribution in [2.24, 2.45) is 0 Å². The molecule has 0 aliphatic heterocycles. The summed E-state index contributed by atoms with van der Waals surface area (Å²) in [4.78, 5) is 11.9. The largest absolute Gasteiger partial charge is 0.478 e. The maximum Gasteiger partial charge on any atom is 0.337 e. The highest BCUT2D eigenvalue weighted by Crippen LogP contribution is 2.37. The molecule has 3 nitrogen and oxygen atoms in total. The smallest absolute Gasteiger partial charge is 0.337 e. The highest BCUT2D eigenvalue weighted by Gasteiger charge is 2.25. The lowest BCUT2D eigenvalue weighted by Gasteiger charge is -2.21. The minimum absolute atomic E-state index is 0.0760. The van der Waals surface area contributed by atoms with Crippen molar-refractivity contribution < 1.29 is 9.90 Å². The van der Waals surface area contributed by atoms with Gasteiger partial charge in [0.15, 0.2) is 0 Å². The molecule has 2 aromatic rings. The zero-order valence-corrected chi connectivity index (χ0v) is 15.4. The molecule has 0 spiro atoms. The Hall–Kier alpha value is -1.77. The number of carbonyl (C=O) groups is 1. The van der Waals surface area contributed by atoms with Crippen molar-refractivity contribution in [2.75, 3.05) is 0 Å². The monoisotopic (exact) mass is 315 g/mol. The Kier molecular flexibility index (Phi) is 4.61. The fraction of sp³-hybridized carbons (Fsp3) is 0.550. The third-order valence-corrected chi connectivity index (χ3v) is 4.59. The minimum atomic E-state index is -0.841. The molecule has 0 saturated heterocycles. The average molecular weight is 315 g/mol. The van der Waals surface area contributed by atoms with Crippen LogP contribution in [0.1, 0.15) is 81.1 Å². The summed E-state index contributed by atoms with van der Waals surface area (Å²) in [5.74, 6) is -0.473. The molecule has 23 heavy (non-hydrogen) atoms. The molecular weight excluding hydrogens is 286 g/mol. The summed E-state index contributed by atoms with van der Waals surface area (Å²) < 4.78 is 2.19. The predicted molar refractivity (Wildman–Crippen MR) is 96.7 cm³/mol. The first-order valence-corrected chi connectivity index (χ1v) is 8.50. The molecule has 0 radical (unpaired) electrons. The molecule has 2 rings (SSSR count). The van der Waals surface area contributed by atoms with Crippen molar-refractivity contribution in [1.82, 2.24) is 4.57 Å². The van der Waals surface area contributed by atoms with Crippen LogP contribution in [0, 0.1) is 6.92 Å². The van der Waals surface area contributed by atoms with Gasteiger partial charge in [0, 0.05) is 17.6 Å². The average Bonchev–Trinajstić information content (AvgIpc) is 2.69. The number of hydrogen-bond acceptors (Lipinski definition) is 1. The molecule has 0 amide bonds. The summed E-state index contributed by atoms with van der Waals surface area (Å²) in [6.45, 7) is 15.9. The van der Waals surface area contributed by atoms with Crippen LogP contribution in [-0.2, 0) is 12.0 Å². The molecule has 0 atom stereocenters. The molecule has 0 fully saturated rings. The van der Waals surface area contributed by atoms with Crippen LogP contribution in [0.15, 0.2) is 12.1 Å². The third-order valence-electron chi connectivity index (χ3n) is 4.59. The number of hydrogen-bond donors (Lipinski definition) is 1. The molecule has 0 aliphatic carbocycles. The van der Waals surface area contributed by atoms with E-state index in [2.05, 4.69) is 59.1 Å². The zero-order chi connectivity index (χ0) is 17.5. The van der Waals surface area contributed by atoms with Crippen LogP contribution in [0.5, 0.6) is 0 Å². The quantitative estimate of drug-likeness (QED) is 0.812. The molecule has 0 unspecified atom stereocenters.